The Morgan fingerprint density at radius 3 is 2.95 bits per heavy atom. The Balaban J connectivity index is 2.11. The lowest BCUT2D eigenvalue weighted by Crippen LogP contribution is -2.26. The molecule has 0 aliphatic rings. The first-order valence-electron chi connectivity index (χ1n) is 6.33. The Morgan fingerprint density at radius 1 is 1.60 bits per heavy atom. The summed E-state index contributed by atoms with van der Waals surface area (Å²) >= 11 is 2.93. The van der Waals surface area contributed by atoms with Crippen molar-refractivity contribution in [1.29, 1.82) is 0 Å². The van der Waals surface area contributed by atoms with Crippen LogP contribution in [0.4, 0.5) is 10.9 Å². The van der Waals surface area contributed by atoms with Gasteiger partial charge in [0, 0.05) is 13.6 Å². The zero-order valence-electron chi connectivity index (χ0n) is 11.7. The highest BCUT2D eigenvalue weighted by Gasteiger charge is 2.19. The molecule has 3 N–H and O–H groups in total. The van der Waals surface area contributed by atoms with Crippen LogP contribution in [-0.4, -0.2) is 24.5 Å². The van der Waals surface area contributed by atoms with Gasteiger partial charge in [0.25, 0.3) is 5.91 Å². The predicted molar refractivity (Wildman–Crippen MR) is 85.7 cm³/mol. The minimum Gasteiger partial charge on any atom is -0.382 e. The van der Waals surface area contributed by atoms with Crippen molar-refractivity contribution in [3.8, 4) is 0 Å². The fraction of sp³-hybridized carbons (Fsp3) is 0.385. The van der Waals surface area contributed by atoms with E-state index in [4.69, 9.17) is 5.73 Å². The van der Waals surface area contributed by atoms with Crippen molar-refractivity contribution < 1.29 is 4.79 Å². The molecule has 0 radical (unpaired) electrons. The van der Waals surface area contributed by atoms with Gasteiger partial charge in [0.1, 0.15) is 10.7 Å². The molecule has 0 aromatic carbocycles. The molecule has 1 atom stereocenters. The highest BCUT2D eigenvalue weighted by Crippen LogP contribution is 2.28. The van der Waals surface area contributed by atoms with Crippen LogP contribution in [0.15, 0.2) is 16.8 Å². The Kier molecular flexibility index (Phi) is 4.61. The van der Waals surface area contributed by atoms with Gasteiger partial charge in [0.2, 0.25) is 0 Å². The van der Waals surface area contributed by atoms with Gasteiger partial charge in [-0.2, -0.15) is 11.3 Å². The maximum Gasteiger partial charge on any atom is 0.265 e. The quantitative estimate of drug-likeness (QED) is 0.891. The van der Waals surface area contributed by atoms with E-state index in [-0.39, 0.29) is 11.9 Å². The van der Waals surface area contributed by atoms with Crippen LogP contribution in [-0.2, 0) is 0 Å². The van der Waals surface area contributed by atoms with Gasteiger partial charge in [-0.25, -0.2) is 4.98 Å². The van der Waals surface area contributed by atoms with Gasteiger partial charge in [0.05, 0.1) is 6.04 Å². The smallest absolute Gasteiger partial charge is 0.265 e. The second-order valence-corrected chi connectivity index (χ2v) is 6.23. The molecular formula is C13H18N4OS2. The lowest BCUT2D eigenvalue weighted by molar-refractivity contribution is 0.0944. The van der Waals surface area contributed by atoms with Crippen molar-refractivity contribution in [2.24, 2.45) is 0 Å². The fourth-order valence-electron chi connectivity index (χ4n) is 1.65. The summed E-state index contributed by atoms with van der Waals surface area (Å²) in [6.07, 6.45) is 0. The minimum atomic E-state index is -0.172. The van der Waals surface area contributed by atoms with Crippen LogP contribution in [0, 0.1) is 0 Å². The molecule has 5 nitrogen and oxygen atoms in total. The normalized spacial score (nSPS) is 12.2. The van der Waals surface area contributed by atoms with Gasteiger partial charge < -0.3 is 16.0 Å². The molecule has 108 valence electrons. The lowest BCUT2D eigenvalue weighted by atomic mass is 10.2. The first-order valence-corrected chi connectivity index (χ1v) is 8.09. The van der Waals surface area contributed by atoms with E-state index in [0.29, 0.717) is 10.7 Å². The summed E-state index contributed by atoms with van der Waals surface area (Å²) in [5.41, 5.74) is 6.94. The molecule has 1 amide bonds. The number of anilines is 2. The number of amides is 1. The molecule has 0 bridgehead atoms. The Morgan fingerprint density at radius 2 is 2.35 bits per heavy atom. The topological polar surface area (TPSA) is 71.2 Å². The average molecular weight is 310 g/mol. The number of rotatable bonds is 5. The zero-order valence-corrected chi connectivity index (χ0v) is 13.3. The number of nitrogens with one attached hydrogen (secondary N) is 1. The summed E-state index contributed by atoms with van der Waals surface area (Å²) < 4.78 is 0. The number of carbonyl (C=O) groups excluding carboxylic acids is 1. The van der Waals surface area contributed by atoms with Crippen LogP contribution in [0.5, 0.6) is 0 Å². The van der Waals surface area contributed by atoms with Gasteiger partial charge in [-0.15, -0.1) is 0 Å². The van der Waals surface area contributed by atoms with Crippen LogP contribution in [0.25, 0.3) is 0 Å². The molecule has 2 heterocycles. The third kappa shape index (κ3) is 3.10. The predicted octanol–water partition coefficient (Wildman–Crippen LogP) is 2.73. The molecule has 2 aromatic rings. The van der Waals surface area contributed by atoms with Crippen molar-refractivity contribution in [3.05, 3.63) is 27.3 Å². The number of nitrogen functional groups attached to an aromatic ring is 1. The fourth-order valence-corrected chi connectivity index (χ4v) is 3.32. The van der Waals surface area contributed by atoms with Gasteiger partial charge in [-0.1, -0.05) is 11.3 Å². The Labute approximate surface area is 126 Å². The number of nitrogens with two attached hydrogens (primary N) is 1. The molecule has 0 aliphatic carbocycles. The summed E-state index contributed by atoms with van der Waals surface area (Å²) in [5, 5.41) is 7.73. The summed E-state index contributed by atoms with van der Waals surface area (Å²) in [6, 6.07) is 1.96. The third-order valence-corrected chi connectivity index (χ3v) is 4.93. The van der Waals surface area contributed by atoms with E-state index >= 15 is 0 Å². The number of carbonyl (C=O) groups is 1. The Bertz CT molecular complexity index is 579. The summed E-state index contributed by atoms with van der Waals surface area (Å²) in [7, 11) is 1.92. The van der Waals surface area contributed by atoms with Crippen molar-refractivity contribution in [3.63, 3.8) is 0 Å². The molecule has 0 fully saturated rings. The number of aromatic nitrogens is 1. The molecule has 0 spiro atoms. The minimum absolute atomic E-state index is 0.0393. The van der Waals surface area contributed by atoms with Crippen LogP contribution in [0.2, 0.25) is 0 Å². The van der Waals surface area contributed by atoms with Crippen LogP contribution >= 0.6 is 22.7 Å². The standard InChI is InChI=1S/C13H18N4OS2/c1-4-17(3)13-16-11(14)10(20-13)12(18)15-8(2)9-5-6-19-7-9/h5-8H,4,14H2,1-3H3,(H,15,18). The van der Waals surface area contributed by atoms with Crippen LogP contribution < -0.4 is 16.0 Å². The lowest BCUT2D eigenvalue weighted by Gasteiger charge is -2.12. The molecular weight excluding hydrogens is 292 g/mol. The van der Waals surface area contributed by atoms with Crippen molar-refractivity contribution in [2.45, 2.75) is 19.9 Å². The Hall–Kier alpha value is -1.60. The van der Waals surface area contributed by atoms with E-state index < -0.39 is 0 Å². The van der Waals surface area contributed by atoms with E-state index in [1.54, 1.807) is 11.3 Å². The van der Waals surface area contributed by atoms with Crippen molar-refractivity contribution in [2.75, 3.05) is 24.2 Å². The number of hydrogen-bond acceptors (Lipinski definition) is 6. The van der Waals surface area contributed by atoms with E-state index in [9.17, 15) is 4.79 Å². The SMILES string of the molecule is CCN(C)c1nc(N)c(C(=O)NC(C)c2ccsc2)s1. The van der Waals surface area contributed by atoms with E-state index in [1.807, 2.05) is 42.6 Å². The van der Waals surface area contributed by atoms with Gasteiger partial charge >= 0.3 is 0 Å². The van der Waals surface area contributed by atoms with Crippen LogP contribution in [0.3, 0.4) is 0 Å². The van der Waals surface area contributed by atoms with E-state index in [2.05, 4.69) is 10.3 Å². The number of thiophene rings is 1. The van der Waals surface area contributed by atoms with Gasteiger partial charge in [0.15, 0.2) is 5.13 Å². The van der Waals surface area contributed by atoms with Crippen molar-refractivity contribution in [1.82, 2.24) is 10.3 Å². The highest BCUT2D eigenvalue weighted by atomic mass is 32.1. The van der Waals surface area contributed by atoms with Crippen LogP contribution in [0.1, 0.15) is 35.1 Å². The second-order valence-electron chi connectivity index (χ2n) is 4.48. The third-order valence-electron chi connectivity index (χ3n) is 3.04. The molecule has 7 heteroatoms. The maximum absolute atomic E-state index is 12.3. The number of nitrogens with zero attached hydrogens (tertiary/aromatic N) is 2. The molecule has 20 heavy (non-hydrogen) atoms. The maximum atomic E-state index is 12.3. The molecule has 0 saturated carbocycles. The van der Waals surface area contributed by atoms with Gasteiger partial charge in [-0.05, 0) is 36.2 Å². The first-order chi connectivity index (χ1) is 9.52. The first kappa shape index (κ1) is 14.8. The monoisotopic (exact) mass is 310 g/mol. The number of hydrogen-bond donors (Lipinski definition) is 2. The summed E-state index contributed by atoms with van der Waals surface area (Å²) in [4.78, 5) is 18.9. The van der Waals surface area contributed by atoms with Gasteiger partial charge in [-0.3, -0.25) is 4.79 Å². The summed E-state index contributed by atoms with van der Waals surface area (Å²) in [5.74, 6) is 0.120. The van der Waals surface area contributed by atoms with Crippen molar-refractivity contribution >= 4 is 39.5 Å². The highest BCUT2D eigenvalue weighted by molar-refractivity contribution is 7.18. The molecule has 2 rings (SSSR count). The van der Waals surface area contributed by atoms with E-state index in [1.165, 1.54) is 11.3 Å². The average Bonchev–Trinajstić information content (AvgIpc) is 3.06. The molecule has 0 aliphatic heterocycles. The largest absolute Gasteiger partial charge is 0.382 e. The number of thiazole rings is 1. The second kappa shape index (κ2) is 6.23. The zero-order chi connectivity index (χ0) is 14.7. The molecule has 1 unspecified atom stereocenters. The molecule has 0 saturated heterocycles. The van der Waals surface area contributed by atoms with E-state index in [0.717, 1.165) is 17.2 Å². The summed E-state index contributed by atoms with van der Waals surface area (Å²) in [6.45, 7) is 4.80. The molecule has 2 aromatic heterocycles.